The lowest BCUT2D eigenvalue weighted by Gasteiger charge is -2.10. The van der Waals surface area contributed by atoms with Crippen molar-refractivity contribution in [3.05, 3.63) is 63.8 Å². The summed E-state index contributed by atoms with van der Waals surface area (Å²) < 4.78 is 4.40. The highest BCUT2D eigenvalue weighted by atomic mass is 16.6. The van der Waals surface area contributed by atoms with Gasteiger partial charge in [-0.3, -0.25) is 0 Å². The minimum Gasteiger partial charge on any atom is -0.391 e. The third-order valence-corrected chi connectivity index (χ3v) is 4.00. The summed E-state index contributed by atoms with van der Waals surface area (Å²) in [5.41, 5.74) is 3.95. The fraction of sp³-hybridized carbons (Fsp3) is 0.294. The summed E-state index contributed by atoms with van der Waals surface area (Å²) in [6.45, 7) is 4.08. The molecule has 3 rings (SSSR count). The first kappa shape index (κ1) is 16.7. The lowest BCUT2D eigenvalue weighted by Crippen LogP contribution is -2.23. The minimum atomic E-state index is -0.309. The minimum absolute atomic E-state index is 0.231. The van der Waals surface area contributed by atoms with Crippen molar-refractivity contribution in [2.45, 2.75) is 20.5 Å². The van der Waals surface area contributed by atoms with Gasteiger partial charge in [-0.1, -0.05) is 17.3 Å². The summed E-state index contributed by atoms with van der Waals surface area (Å²) in [6.07, 6.45) is 3.93. The van der Waals surface area contributed by atoms with Crippen LogP contribution >= 0.6 is 0 Å². The number of rotatable bonds is 5. The van der Waals surface area contributed by atoms with Crippen LogP contribution in [0, 0.1) is 6.92 Å². The van der Waals surface area contributed by atoms with Crippen LogP contribution in [0.2, 0.25) is 0 Å². The zero-order valence-electron chi connectivity index (χ0n) is 14.7. The van der Waals surface area contributed by atoms with Crippen LogP contribution in [0.5, 0.6) is 0 Å². The number of hydrogen-bond acceptors (Lipinski definition) is 5. The standard InChI is InChI=1S/C17H20N6O2/c1-12-6-5-7-16(23-17(24)22(4)19-20-23)15(12)11-25-18-13(2)14-8-9-21(3)10-14/h5-10H,11H2,1-4H3/b18-13-. The van der Waals surface area contributed by atoms with Crippen molar-refractivity contribution in [3.63, 3.8) is 0 Å². The van der Waals surface area contributed by atoms with E-state index in [4.69, 9.17) is 4.84 Å². The summed E-state index contributed by atoms with van der Waals surface area (Å²) in [5, 5.41) is 11.8. The first-order valence-electron chi connectivity index (χ1n) is 7.84. The Hall–Kier alpha value is -3.16. The van der Waals surface area contributed by atoms with Gasteiger partial charge in [0.2, 0.25) is 0 Å². The molecule has 0 fully saturated rings. The smallest absolute Gasteiger partial charge is 0.368 e. The highest BCUT2D eigenvalue weighted by molar-refractivity contribution is 5.98. The molecule has 0 atom stereocenters. The SMILES string of the molecule is C/C(=N/OCc1c(C)cccc1-n1nnn(C)c1=O)c1ccn(C)c1. The van der Waals surface area contributed by atoms with E-state index < -0.39 is 0 Å². The molecule has 8 heteroatoms. The van der Waals surface area contributed by atoms with E-state index in [9.17, 15) is 4.79 Å². The molecule has 25 heavy (non-hydrogen) atoms. The van der Waals surface area contributed by atoms with Gasteiger partial charge in [-0.05, 0) is 42.0 Å². The molecule has 0 radical (unpaired) electrons. The Labute approximate surface area is 144 Å². The van der Waals surface area contributed by atoms with Crippen LogP contribution < -0.4 is 5.69 Å². The molecule has 0 bridgehead atoms. The molecule has 0 aliphatic rings. The highest BCUT2D eigenvalue weighted by Crippen LogP contribution is 2.18. The van der Waals surface area contributed by atoms with Gasteiger partial charge >= 0.3 is 5.69 Å². The molecule has 1 aromatic carbocycles. The predicted octanol–water partition coefficient (Wildman–Crippen LogP) is 1.55. The summed E-state index contributed by atoms with van der Waals surface area (Å²) in [4.78, 5) is 17.7. The molecular weight excluding hydrogens is 320 g/mol. The molecule has 8 nitrogen and oxygen atoms in total. The maximum absolute atomic E-state index is 12.1. The van der Waals surface area contributed by atoms with Crippen LogP contribution in [0.1, 0.15) is 23.6 Å². The van der Waals surface area contributed by atoms with Crippen molar-refractivity contribution in [3.8, 4) is 5.69 Å². The van der Waals surface area contributed by atoms with Crippen LogP contribution in [-0.2, 0) is 25.5 Å². The monoisotopic (exact) mass is 340 g/mol. The molecule has 130 valence electrons. The average molecular weight is 340 g/mol. The van der Waals surface area contributed by atoms with E-state index >= 15 is 0 Å². The highest BCUT2D eigenvalue weighted by Gasteiger charge is 2.13. The zero-order chi connectivity index (χ0) is 18.0. The Bertz CT molecular complexity index is 979. The van der Waals surface area contributed by atoms with Gasteiger partial charge < -0.3 is 9.40 Å². The van der Waals surface area contributed by atoms with Gasteiger partial charge in [-0.15, -0.1) is 0 Å². The van der Waals surface area contributed by atoms with Crippen LogP contribution in [0.3, 0.4) is 0 Å². The molecule has 2 aromatic heterocycles. The Morgan fingerprint density at radius 3 is 2.68 bits per heavy atom. The van der Waals surface area contributed by atoms with Crippen LogP contribution in [0.15, 0.2) is 46.6 Å². The Morgan fingerprint density at radius 1 is 1.24 bits per heavy atom. The third-order valence-electron chi connectivity index (χ3n) is 4.00. The normalized spacial score (nSPS) is 11.8. The van der Waals surface area contributed by atoms with Crippen LogP contribution in [0.4, 0.5) is 0 Å². The van der Waals surface area contributed by atoms with Gasteiger partial charge in [0.25, 0.3) is 0 Å². The van der Waals surface area contributed by atoms with Gasteiger partial charge in [0.05, 0.1) is 11.4 Å². The largest absolute Gasteiger partial charge is 0.391 e. The van der Waals surface area contributed by atoms with Gasteiger partial charge in [0.1, 0.15) is 6.61 Å². The number of nitrogens with zero attached hydrogens (tertiary/aromatic N) is 6. The average Bonchev–Trinajstić information content (AvgIpc) is 3.16. The quantitative estimate of drug-likeness (QED) is 0.521. The van der Waals surface area contributed by atoms with Crippen molar-refractivity contribution in [1.82, 2.24) is 24.4 Å². The molecule has 0 aliphatic heterocycles. The number of aromatic nitrogens is 5. The molecule has 3 aromatic rings. The third kappa shape index (κ3) is 3.37. The van der Waals surface area contributed by atoms with Gasteiger partial charge in [0, 0.05) is 37.6 Å². The fourth-order valence-corrected chi connectivity index (χ4v) is 2.50. The van der Waals surface area contributed by atoms with E-state index in [2.05, 4.69) is 15.6 Å². The Balaban J connectivity index is 1.85. The van der Waals surface area contributed by atoms with Crippen LogP contribution in [-0.4, -0.2) is 30.1 Å². The zero-order valence-corrected chi connectivity index (χ0v) is 14.7. The maximum Gasteiger partial charge on any atom is 0.368 e. The van der Waals surface area contributed by atoms with E-state index in [1.165, 1.54) is 9.36 Å². The van der Waals surface area contributed by atoms with Gasteiger partial charge in [-0.2, -0.15) is 9.36 Å². The Kier molecular flexibility index (Phi) is 4.51. The molecule has 2 heterocycles. The number of aryl methyl sites for hydroxylation is 3. The van der Waals surface area contributed by atoms with Crippen LogP contribution in [0.25, 0.3) is 5.69 Å². The van der Waals surface area contributed by atoms with E-state index in [0.717, 1.165) is 22.4 Å². The van der Waals surface area contributed by atoms with Crippen molar-refractivity contribution in [2.24, 2.45) is 19.3 Å². The van der Waals surface area contributed by atoms with Gasteiger partial charge in [-0.25, -0.2) is 4.79 Å². The first-order valence-corrected chi connectivity index (χ1v) is 7.84. The number of hydrogen-bond donors (Lipinski definition) is 0. The van der Waals surface area contributed by atoms with Crippen molar-refractivity contribution in [2.75, 3.05) is 0 Å². The van der Waals surface area contributed by atoms with E-state index in [-0.39, 0.29) is 12.3 Å². The molecule has 0 amide bonds. The summed E-state index contributed by atoms with van der Waals surface area (Å²) >= 11 is 0. The number of tetrazole rings is 1. The maximum atomic E-state index is 12.1. The van der Waals surface area contributed by atoms with Crippen molar-refractivity contribution >= 4 is 5.71 Å². The molecule has 0 spiro atoms. The van der Waals surface area contributed by atoms with Gasteiger partial charge in [0.15, 0.2) is 0 Å². The predicted molar refractivity (Wildman–Crippen MR) is 93.8 cm³/mol. The summed E-state index contributed by atoms with van der Waals surface area (Å²) in [6, 6.07) is 7.61. The molecule has 0 unspecified atom stereocenters. The summed E-state index contributed by atoms with van der Waals surface area (Å²) in [7, 11) is 3.52. The lowest BCUT2D eigenvalue weighted by atomic mass is 10.1. The first-order chi connectivity index (χ1) is 12.0. The number of oxime groups is 1. The summed E-state index contributed by atoms with van der Waals surface area (Å²) in [5.74, 6) is 0. The topological polar surface area (TPSA) is 79.2 Å². The Morgan fingerprint density at radius 2 is 2.04 bits per heavy atom. The van der Waals surface area contributed by atoms with Crippen molar-refractivity contribution < 1.29 is 4.84 Å². The lowest BCUT2D eigenvalue weighted by molar-refractivity contribution is 0.130. The second-order valence-electron chi connectivity index (χ2n) is 5.89. The molecule has 0 N–H and O–H groups in total. The molecule has 0 saturated carbocycles. The molecule has 0 saturated heterocycles. The van der Waals surface area contributed by atoms with E-state index in [1.54, 1.807) is 7.05 Å². The molecular formula is C17H20N6O2. The van der Waals surface area contributed by atoms with E-state index in [0.29, 0.717) is 5.69 Å². The van der Waals surface area contributed by atoms with E-state index in [1.807, 2.05) is 62.1 Å². The second kappa shape index (κ2) is 6.76. The molecule has 0 aliphatic carbocycles. The van der Waals surface area contributed by atoms with Crippen molar-refractivity contribution in [1.29, 1.82) is 0 Å². The fourth-order valence-electron chi connectivity index (χ4n) is 2.50. The number of benzene rings is 1. The second-order valence-corrected chi connectivity index (χ2v) is 5.89.